The Labute approximate surface area is 140 Å². The van der Waals surface area contributed by atoms with Crippen molar-refractivity contribution in [3.63, 3.8) is 0 Å². The van der Waals surface area contributed by atoms with Crippen molar-refractivity contribution in [1.29, 1.82) is 0 Å². The Morgan fingerprint density at radius 2 is 1.92 bits per heavy atom. The molecule has 0 radical (unpaired) electrons. The minimum Gasteiger partial charge on any atom is -0.480 e. The van der Waals surface area contributed by atoms with Gasteiger partial charge in [-0.25, -0.2) is 9.80 Å². The van der Waals surface area contributed by atoms with Crippen LogP contribution in [0.3, 0.4) is 0 Å². The molecule has 0 saturated heterocycles. The first-order valence-corrected chi connectivity index (χ1v) is 7.87. The van der Waals surface area contributed by atoms with Crippen LogP contribution in [0.2, 0.25) is 0 Å². The van der Waals surface area contributed by atoms with E-state index in [0.29, 0.717) is 12.1 Å². The van der Waals surface area contributed by atoms with E-state index in [-0.39, 0.29) is 30.4 Å². The second-order valence-corrected chi connectivity index (χ2v) is 6.08. The van der Waals surface area contributed by atoms with E-state index < -0.39 is 17.9 Å². The third-order valence-corrected chi connectivity index (χ3v) is 3.61. The van der Waals surface area contributed by atoms with Gasteiger partial charge in [0.2, 0.25) is 5.91 Å². The van der Waals surface area contributed by atoms with Crippen LogP contribution in [0.1, 0.15) is 33.1 Å². The van der Waals surface area contributed by atoms with Gasteiger partial charge in [0.15, 0.2) is 0 Å². The minimum absolute atomic E-state index is 0.127. The Morgan fingerprint density at radius 3 is 2.50 bits per heavy atom. The molecule has 7 nitrogen and oxygen atoms in total. The average molecular weight is 331 g/mol. The standard InChI is InChI=1S/C17H21N3O4/c1-11(2)10-14(17(23)24)18-16(22)13-8-9-15(21)20(19-13)12-6-4-3-5-7-12/h3-7,11,14H,8-10H2,1-2H3,(H,18,22)(H,23,24). The summed E-state index contributed by atoms with van der Waals surface area (Å²) in [5.74, 6) is -1.70. The highest BCUT2D eigenvalue weighted by atomic mass is 16.4. The number of carbonyl (C=O) groups is 3. The molecule has 0 aromatic heterocycles. The maximum atomic E-state index is 12.3. The van der Waals surface area contributed by atoms with Gasteiger partial charge >= 0.3 is 5.97 Å². The number of anilines is 1. The lowest BCUT2D eigenvalue weighted by Crippen LogP contribution is -2.46. The predicted octanol–water partition coefficient (Wildman–Crippen LogP) is 1.78. The number of hydrogen-bond acceptors (Lipinski definition) is 4. The highest BCUT2D eigenvalue weighted by molar-refractivity contribution is 6.40. The summed E-state index contributed by atoms with van der Waals surface area (Å²) in [6.45, 7) is 3.77. The summed E-state index contributed by atoms with van der Waals surface area (Å²) in [5.41, 5.74) is 0.734. The van der Waals surface area contributed by atoms with Crippen molar-refractivity contribution in [3.8, 4) is 0 Å². The molecule has 2 N–H and O–H groups in total. The Balaban J connectivity index is 2.16. The molecule has 0 fully saturated rings. The maximum absolute atomic E-state index is 12.3. The summed E-state index contributed by atoms with van der Waals surface area (Å²) in [4.78, 5) is 35.6. The lowest BCUT2D eigenvalue weighted by molar-refractivity contribution is -0.141. The number of para-hydroxylation sites is 1. The van der Waals surface area contributed by atoms with E-state index in [1.54, 1.807) is 24.3 Å². The van der Waals surface area contributed by atoms with Crippen LogP contribution in [-0.4, -0.2) is 34.6 Å². The molecule has 7 heteroatoms. The number of aliphatic carboxylic acids is 1. The number of nitrogens with one attached hydrogen (secondary N) is 1. The van der Waals surface area contributed by atoms with Crippen LogP contribution < -0.4 is 10.3 Å². The van der Waals surface area contributed by atoms with Gasteiger partial charge in [-0.05, 0) is 24.5 Å². The van der Waals surface area contributed by atoms with Crippen molar-refractivity contribution in [1.82, 2.24) is 5.32 Å². The number of hydrogen-bond donors (Lipinski definition) is 2. The van der Waals surface area contributed by atoms with Gasteiger partial charge in [0.05, 0.1) is 5.69 Å². The molecule has 1 atom stereocenters. The van der Waals surface area contributed by atoms with Crippen molar-refractivity contribution < 1.29 is 19.5 Å². The van der Waals surface area contributed by atoms with Crippen molar-refractivity contribution in [2.24, 2.45) is 11.0 Å². The number of rotatable bonds is 6. The first kappa shape index (κ1) is 17.7. The fourth-order valence-electron chi connectivity index (χ4n) is 2.42. The summed E-state index contributed by atoms with van der Waals surface area (Å²) < 4.78 is 0. The van der Waals surface area contributed by atoms with E-state index in [1.807, 2.05) is 19.9 Å². The largest absolute Gasteiger partial charge is 0.480 e. The summed E-state index contributed by atoms with van der Waals surface area (Å²) in [5, 5.41) is 17.0. The van der Waals surface area contributed by atoms with Gasteiger partial charge in [-0.1, -0.05) is 32.0 Å². The Kier molecular flexibility index (Phi) is 5.68. The number of carboxylic acids is 1. The van der Waals surface area contributed by atoms with E-state index >= 15 is 0 Å². The average Bonchev–Trinajstić information content (AvgIpc) is 2.54. The SMILES string of the molecule is CC(C)CC(NC(=O)C1=NN(c2ccccc2)C(=O)CC1)C(=O)O. The molecule has 128 valence electrons. The van der Waals surface area contributed by atoms with Gasteiger partial charge in [0, 0.05) is 12.8 Å². The predicted molar refractivity (Wildman–Crippen MR) is 89.6 cm³/mol. The molecule has 1 aromatic carbocycles. The highest BCUT2D eigenvalue weighted by Gasteiger charge is 2.28. The van der Waals surface area contributed by atoms with E-state index in [9.17, 15) is 19.5 Å². The number of carbonyl (C=O) groups excluding carboxylic acids is 2. The number of amides is 2. The lowest BCUT2D eigenvalue weighted by Gasteiger charge is -2.24. The van der Waals surface area contributed by atoms with E-state index in [0.717, 1.165) is 0 Å². The van der Waals surface area contributed by atoms with Crippen LogP contribution in [-0.2, 0) is 14.4 Å². The number of nitrogens with zero attached hydrogens (tertiary/aromatic N) is 2. The van der Waals surface area contributed by atoms with Crippen LogP contribution >= 0.6 is 0 Å². The molecule has 24 heavy (non-hydrogen) atoms. The molecule has 0 saturated carbocycles. The van der Waals surface area contributed by atoms with E-state index in [1.165, 1.54) is 5.01 Å². The van der Waals surface area contributed by atoms with Crippen LogP contribution in [0.4, 0.5) is 5.69 Å². The van der Waals surface area contributed by atoms with E-state index in [4.69, 9.17) is 0 Å². The fraction of sp³-hybridized carbons (Fsp3) is 0.412. The zero-order chi connectivity index (χ0) is 17.7. The summed E-state index contributed by atoms with van der Waals surface area (Å²) in [6, 6.07) is 7.84. The van der Waals surface area contributed by atoms with Gasteiger partial charge < -0.3 is 10.4 Å². The van der Waals surface area contributed by atoms with Gasteiger partial charge in [0.1, 0.15) is 11.8 Å². The molecule has 0 spiro atoms. The van der Waals surface area contributed by atoms with Crippen LogP contribution in [0.5, 0.6) is 0 Å². The zero-order valence-corrected chi connectivity index (χ0v) is 13.7. The maximum Gasteiger partial charge on any atom is 0.326 e. The van der Waals surface area contributed by atoms with Gasteiger partial charge in [-0.15, -0.1) is 0 Å². The normalized spacial score (nSPS) is 15.9. The minimum atomic E-state index is -1.08. The smallest absolute Gasteiger partial charge is 0.326 e. The van der Waals surface area contributed by atoms with Gasteiger partial charge in [-0.2, -0.15) is 5.10 Å². The van der Waals surface area contributed by atoms with E-state index in [2.05, 4.69) is 10.4 Å². The quantitative estimate of drug-likeness (QED) is 0.830. The van der Waals surface area contributed by atoms with Crippen molar-refractivity contribution >= 4 is 29.2 Å². The van der Waals surface area contributed by atoms with Gasteiger partial charge in [0.25, 0.3) is 5.91 Å². The Bertz CT molecular complexity index is 655. The molecular formula is C17H21N3O4. The fourth-order valence-corrected chi connectivity index (χ4v) is 2.42. The molecule has 1 aliphatic heterocycles. The second-order valence-electron chi connectivity index (χ2n) is 6.08. The molecule has 1 unspecified atom stereocenters. The Hall–Kier alpha value is -2.70. The van der Waals surface area contributed by atoms with Gasteiger partial charge in [-0.3, -0.25) is 9.59 Å². The molecule has 0 aliphatic carbocycles. The monoisotopic (exact) mass is 331 g/mol. The van der Waals surface area contributed by atoms with Crippen LogP contribution in [0.25, 0.3) is 0 Å². The first-order valence-electron chi connectivity index (χ1n) is 7.87. The first-order chi connectivity index (χ1) is 11.4. The third-order valence-electron chi connectivity index (χ3n) is 3.61. The van der Waals surface area contributed by atoms with Crippen molar-refractivity contribution in [2.75, 3.05) is 5.01 Å². The molecule has 2 rings (SSSR count). The lowest BCUT2D eigenvalue weighted by atomic mass is 10.0. The molecule has 2 amide bonds. The number of benzene rings is 1. The summed E-state index contributed by atoms with van der Waals surface area (Å²) in [7, 11) is 0. The number of carboxylic acid groups (broad SMARTS) is 1. The van der Waals surface area contributed by atoms with Crippen LogP contribution in [0, 0.1) is 5.92 Å². The topological polar surface area (TPSA) is 99.1 Å². The molecule has 1 aromatic rings. The Morgan fingerprint density at radius 1 is 1.25 bits per heavy atom. The third kappa shape index (κ3) is 4.41. The van der Waals surface area contributed by atoms with Crippen molar-refractivity contribution in [3.05, 3.63) is 30.3 Å². The summed E-state index contributed by atoms with van der Waals surface area (Å²) >= 11 is 0. The van der Waals surface area contributed by atoms with Crippen LogP contribution in [0.15, 0.2) is 35.4 Å². The molecular weight excluding hydrogens is 310 g/mol. The molecule has 0 bridgehead atoms. The highest BCUT2D eigenvalue weighted by Crippen LogP contribution is 2.19. The zero-order valence-electron chi connectivity index (χ0n) is 13.7. The van der Waals surface area contributed by atoms with Crippen molar-refractivity contribution in [2.45, 2.75) is 39.2 Å². The summed E-state index contributed by atoms with van der Waals surface area (Å²) in [6.07, 6.45) is 0.681. The molecule has 1 aliphatic rings. The second kappa shape index (κ2) is 7.72. The molecule has 1 heterocycles. The number of hydrazone groups is 1.